The van der Waals surface area contributed by atoms with Crippen LogP contribution in [0.4, 0.5) is 0 Å². The third-order valence-electron chi connectivity index (χ3n) is 12.2. The van der Waals surface area contributed by atoms with Crippen molar-refractivity contribution in [2.24, 2.45) is 0 Å². The van der Waals surface area contributed by atoms with Crippen LogP contribution in [-0.4, -0.2) is 9.52 Å². The molecule has 1 heteroatoms. The van der Waals surface area contributed by atoms with E-state index in [2.05, 4.69) is 184 Å². The predicted molar refractivity (Wildman–Crippen MR) is 236 cm³/mol. The van der Waals surface area contributed by atoms with Crippen molar-refractivity contribution in [1.29, 1.82) is 0 Å². The first-order chi connectivity index (χ1) is 24.4. The van der Waals surface area contributed by atoms with E-state index in [-0.39, 0.29) is 21.7 Å². The summed E-state index contributed by atoms with van der Waals surface area (Å²) in [6.45, 7) is 37.5. The molecule has 2 unspecified atom stereocenters. The van der Waals surface area contributed by atoms with Gasteiger partial charge in [0, 0.05) is 21.4 Å². The number of fused-ring (bicyclic) bond motifs is 2. The van der Waals surface area contributed by atoms with Gasteiger partial charge in [-0.3, -0.25) is 0 Å². The second-order valence-electron chi connectivity index (χ2n) is 20.7. The summed E-state index contributed by atoms with van der Waals surface area (Å²) in [6.07, 6.45) is 5.05. The Labute approximate surface area is 326 Å². The molecule has 4 aromatic carbocycles. The van der Waals surface area contributed by atoms with Crippen molar-refractivity contribution in [2.75, 3.05) is 0 Å². The van der Waals surface area contributed by atoms with E-state index in [0.29, 0.717) is 11.8 Å². The molecular formula is C52H66Si. The van der Waals surface area contributed by atoms with E-state index in [9.17, 15) is 0 Å². The van der Waals surface area contributed by atoms with Gasteiger partial charge in [-0.25, -0.2) is 0 Å². The molecule has 0 amide bonds. The molecule has 278 valence electrons. The van der Waals surface area contributed by atoms with Crippen LogP contribution in [0.25, 0.3) is 34.4 Å². The van der Waals surface area contributed by atoms with Crippen molar-refractivity contribution in [3.63, 3.8) is 0 Å². The molecule has 0 nitrogen and oxygen atoms in total. The summed E-state index contributed by atoms with van der Waals surface area (Å²) < 4.78 is 0. The maximum atomic E-state index is 2.52. The number of hydrogen-bond donors (Lipinski definition) is 0. The Morgan fingerprint density at radius 1 is 0.434 bits per heavy atom. The smallest absolute Gasteiger partial charge is 0.0397 e. The Morgan fingerprint density at radius 3 is 1.02 bits per heavy atom. The minimum atomic E-state index is 0.0913. The van der Waals surface area contributed by atoms with Crippen LogP contribution in [0.5, 0.6) is 0 Å². The van der Waals surface area contributed by atoms with Gasteiger partial charge in [0.05, 0.1) is 0 Å². The van der Waals surface area contributed by atoms with Crippen molar-refractivity contribution in [3.8, 4) is 22.3 Å². The van der Waals surface area contributed by atoms with Gasteiger partial charge in [0.25, 0.3) is 0 Å². The number of hydrogen-bond acceptors (Lipinski definition) is 0. The third-order valence-corrected chi connectivity index (χ3v) is 13.6. The Morgan fingerprint density at radius 2 is 0.736 bits per heavy atom. The van der Waals surface area contributed by atoms with Crippen molar-refractivity contribution < 1.29 is 0 Å². The molecule has 2 atom stereocenters. The van der Waals surface area contributed by atoms with Crippen LogP contribution in [0.2, 0.25) is 12.1 Å². The number of rotatable bonds is 6. The standard InChI is InChI=1S/C52H66Si/c1-31-17-19-41-43(47(31)35-23-37(49(5,6)7)27-38(24-35)50(8,9)10)21-33(3)45(41)29-53-30-46-34(4)22-44-42(46)20-18-32(2)48(44)36-25-39(51(11,12)13)28-40(26-36)52(14,15)16/h17-28,45-46H,29-30H2,1-16H3. The molecule has 0 saturated heterocycles. The van der Waals surface area contributed by atoms with Crippen molar-refractivity contribution in [2.45, 2.75) is 156 Å². The zero-order chi connectivity index (χ0) is 39.0. The summed E-state index contributed by atoms with van der Waals surface area (Å²) in [5, 5.41) is 0. The lowest BCUT2D eigenvalue weighted by Crippen LogP contribution is -2.16. The summed E-state index contributed by atoms with van der Waals surface area (Å²) in [4.78, 5) is 0. The zero-order valence-electron chi connectivity index (χ0n) is 36.0. The van der Waals surface area contributed by atoms with Gasteiger partial charge in [0.15, 0.2) is 0 Å². The van der Waals surface area contributed by atoms with E-state index >= 15 is 0 Å². The van der Waals surface area contributed by atoms with E-state index in [1.807, 2.05) is 0 Å². The fourth-order valence-electron chi connectivity index (χ4n) is 8.51. The molecule has 0 saturated carbocycles. The van der Waals surface area contributed by atoms with Crippen molar-refractivity contribution in [3.05, 3.63) is 127 Å². The average molecular weight is 719 g/mol. The quantitative estimate of drug-likeness (QED) is 0.174. The third kappa shape index (κ3) is 7.75. The van der Waals surface area contributed by atoms with Crippen molar-refractivity contribution in [1.82, 2.24) is 0 Å². The van der Waals surface area contributed by atoms with Gasteiger partial charge in [-0.05, 0) is 127 Å². The highest BCUT2D eigenvalue weighted by Gasteiger charge is 2.31. The second-order valence-corrected chi connectivity index (χ2v) is 22.0. The van der Waals surface area contributed by atoms with Gasteiger partial charge in [-0.15, -0.1) is 0 Å². The molecule has 6 rings (SSSR count). The summed E-state index contributed by atoms with van der Waals surface area (Å²) in [7, 11) is 0.897. The first-order valence-corrected chi connectivity index (χ1v) is 21.5. The highest BCUT2D eigenvalue weighted by molar-refractivity contribution is 6.36. The summed E-state index contributed by atoms with van der Waals surface area (Å²) in [5.74, 6) is 0.982. The van der Waals surface area contributed by atoms with Gasteiger partial charge in [-0.2, -0.15) is 0 Å². The van der Waals surface area contributed by atoms with Crippen LogP contribution in [0.1, 0.15) is 164 Å². The first kappa shape index (κ1) is 39.3. The molecule has 0 N–H and O–H groups in total. The molecule has 0 bridgehead atoms. The highest BCUT2D eigenvalue weighted by atomic mass is 28.2. The van der Waals surface area contributed by atoms with Crippen LogP contribution in [-0.2, 0) is 21.7 Å². The van der Waals surface area contributed by atoms with E-state index in [0.717, 1.165) is 9.52 Å². The predicted octanol–water partition coefficient (Wildman–Crippen LogP) is 15.1. The van der Waals surface area contributed by atoms with Crippen molar-refractivity contribution >= 4 is 21.7 Å². The molecular weight excluding hydrogens is 653 g/mol. The fourth-order valence-corrected chi connectivity index (χ4v) is 10.3. The average Bonchev–Trinajstić information content (AvgIpc) is 3.53. The van der Waals surface area contributed by atoms with Crippen LogP contribution < -0.4 is 0 Å². The van der Waals surface area contributed by atoms with Crippen LogP contribution in [0.15, 0.2) is 71.8 Å². The normalized spacial score (nSPS) is 17.5. The summed E-state index contributed by atoms with van der Waals surface area (Å²) in [6, 6.07) is 26.9. The first-order valence-electron chi connectivity index (χ1n) is 20.1. The minimum absolute atomic E-state index is 0.0913. The van der Waals surface area contributed by atoms with Gasteiger partial charge >= 0.3 is 0 Å². The topological polar surface area (TPSA) is 0 Å². The van der Waals surface area contributed by atoms with Crippen LogP contribution >= 0.6 is 0 Å². The molecule has 2 radical (unpaired) electrons. The molecule has 0 aliphatic heterocycles. The van der Waals surface area contributed by atoms with Gasteiger partial charge < -0.3 is 0 Å². The van der Waals surface area contributed by atoms with Gasteiger partial charge in [0.2, 0.25) is 0 Å². The maximum Gasteiger partial charge on any atom is 0.0397 e. The van der Waals surface area contributed by atoms with E-state index in [4.69, 9.17) is 0 Å². The molecule has 0 fully saturated rings. The molecule has 0 spiro atoms. The maximum absolute atomic E-state index is 2.52. The number of benzene rings is 4. The molecule has 2 aliphatic carbocycles. The van der Waals surface area contributed by atoms with Crippen LogP contribution in [0.3, 0.4) is 0 Å². The largest absolute Gasteiger partial charge is 0.0655 e. The van der Waals surface area contributed by atoms with E-state index < -0.39 is 0 Å². The van der Waals surface area contributed by atoms with Gasteiger partial charge in [0.1, 0.15) is 0 Å². The molecule has 4 aromatic rings. The Balaban J connectivity index is 1.30. The van der Waals surface area contributed by atoms with E-state index in [1.54, 1.807) is 0 Å². The number of allylic oxidation sites excluding steroid dienone is 2. The molecule has 2 aliphatic rings. The monoisotopic (exact) mass is 718 g/mol. The van der Waals surface area contributed by atoms with Crippen LogP contribution in [0, 0.1) is 13.8 Å². The second kappa shape index (κ2) is 13.7. The Bertz CT molecular complexity index is 1900. The minimum Gasteiger partial charge on any atom is -0.0655 e. The number of aryl methyl sites for hydroxylation is 2. The van der Waals surface area contributed by atoms with E-state index in [1.165, 1.54) is 101 Å². The Hall–Kier alpha value is -3.42. The lowest BCUT2D eigenvalue weighted by atomic mass is 9.78. The molecule has 53 heavy (non-hydrogen) atoms. The summed E-state index contributed by atoms with van der Waals surface area (Å²) >= 11 is 0. The summed E-state index contributed by atoms with van der Waals surface area (Å²) in [5.41, 5.74) is 23.4. The molecule has 0 aromatic heterocycles. The fraction of sp³-hybridized carbons (Fsp3) is 0.462. The lowest BCUT2D eigenvalue weighted by molar-refractivity contribution is 0.568. The lowest BCUT2D eigenvalue weighted by Gasteiger charge is -2.27. The highest BCUT2D eigenvalue weighted by Crippen LogP contribution is 2.48. The molecule has 0 heterocycles. The zero-order valence-corrected chi connectivity index (χ0v) is 37.0. The SMILES string of the molecule is CC1=Cc2c(ccc(C)c2-c2cc(C(C)(C)C)cc(C(C)(C)C)c2)C1C[Si]CC1C(C)=Cc2c1ccc(C)c2-c1cc(C(C)(C)C)cc(C(C)(C)C)c1. The Kier molecular flexibility index (Phi) is 10.2. The van der Waals surface area contributed by atoms with Gasteiger partial charge in [-0.1, -0.05) is 179 Å².